The maximum atomic E-state index is 8.69. The van der Waals surface area contributed by atoms with Crippen molar-refractivity contribution in [2.45, 2.75) is 12.8 Å². The van der Waals surface area contributed by atoms with Crippen LogP contribution in [0.25, 0.3) is 0 Å². The number of piperidine rings is 1. The molecule has 3 heteroatoms. The van der Waals surface area contributed by atoms with Gasteiger partial charge in [-0.1, -0.05) is 15.9 Å². The van der Waals surface area contributed by atoms with Crippen LogP contribution in [0.5, 0.6) is 0 Å². The van der Waals surface area contributed by atoms with Crippen molar-refractivity contribution in [2.75, 3.05) is 25.0 Å². The second-order valence-corrected chi connectivity index (χ2v) is 3.75. The molecule has 1 atom stereocenters. The molecule has 2 nitrogen and oxygen atoms in total. The Kier molecular flexibility index (Phi) is 3.88. The molecule has 0 saturated carbocycles. The summed E-state index contributed by atoms with van der Waals surface area (Å²) in [6.07, 6.45) is 2.28. The van der Waals surface area contributed by atoms with E-state index in [1.54, 1.807) is 0 Å². The van der Waals surface area contributed by atoms with E-state index in [0.29, 0.717) is 0 Å². The minimum Gasteiger partial charge on any atom is -0.301 e. The Morgan fingerprint density at radius 2 is 2.45 bits per heavy atom. The molecule has 0 aliphatic carbocycles. The third kappa shape index (κ3) is 2.80. The first-order valence-electron chi connectivity index (χ1n) is 4.04. The number of likely N-dealkylation sites (tertiary alicyclic amines) is 1. The van der Waals surface area contributed by atoms with Crippen LogP contribution in [0.15, 0.2) is 0 Å². The molecule has 1 fully saturated rings. The van der Waals surface area contributed by atoms with Crippen LogP contribution in [0.3, 0.4) is 0 Å². The van der Waals surface area contributed by atoms with Gasteiger partial charge in [0, 0.05) is 18.4 Å². The molecule has 0 aromatic heterocycles. The highest BCUT2D eigenvalue weighted by atomic mass is 79.9. The Hall–Kier alpha value is -0.0700. The van der Waals surface area contributed by atoms with Crippen LogP contribution in [0.4, 0.5) is 0 Å². The lowest BCUT2D eigenvalue weighted by atomic mass is 10.00. The summed E-state index contributed by atoms with van der Waals surface area (Å²) in [5.41, 5.74) is 0. The number of rotatable bonds is 2. The van der Waals surface area contributed by atoms with Gasteiger partial charge in [-0.3, -0.25) is 0 Å². The van der Waals surface area contributed by atoms with E-state index in [1.165, 1.54) is 13.0 Å². The monoisotopic (exact) mass is 216 g/mol. The van der Waals surface area contributed by atoms with Gasteiger partial charge in [0.1, 0.15) is 0 Å². The molecular weight excluding hydrogens is 204 g/mol. The van der Waals surface area contributed by atoms with E-state index in [0.717, 1.165) is 24.8 Å². The Morgan fingerprint density at radius 3 is 3.09 bits per heavy atom. The van der Waals surface area contributed by atoms with Gasteiger partial charge in [-0.15, -0.1) is 0 Å². The van der Waals surface area contributed by atoms with E-state index in [-0.39, 0.29) is 5.92 Å². The molecule has 0 spiro atoms. The molecule has 1 heterocycles. The molecule has 1 saturated heterocycles. The Morgan fingerprint density at radius 1 is 1.64 bits per heavy atom. The van der Waals surface area contributed by atoms with E-state index in [9.17, 15) is 0 Å². The number of nitriles is 1. The number of hydrogen-bond acceptors (Lipinski definition) is 2. The molecule has 1 aliphatic rings. The zero-order valence-electron chi connectivity index (χ0n) is 6.59. The number of nitrogens with zero attached hydrogens (tertiary/aromatic N) is 2. The van der Waals surface area contributed by atoms with E-state index >= 15 is 0 Å². The molecule has 0 aromatic carbocycles. The third-order valence-electron chi connectivity index (χ3n) is 2.09. The summed E-state index contributed by atoms with van der Waals surface area (Å²) in [5, 5.41) is 9.71. The average Bonchev–Trinajstić information content (AvgIpc) is 2.06. The number of alkyl halides is 1. The fourth-order valence-electron chi connectivity index (χ4n) is 1.48. The summed E-state index contributed by atoms with van der Waals surface area (Å²) in [5.74, 6) is 0.280. The quantitative estimate of drug-likeness (QED) is 0.657. The highest BCUT2D eigenvalue weighted by Crippen LogP contribution is 2.14. The van der Waals surface area contributed by atoms with Crippen molar-refractivity contribution >= 4 is 15.9 Å². The van der Waals surface area contributed by atoms with Gasteiger partial charge in [-0.25, -0.2) is 0 Å². The van der Waals surface area contributed by atoms with Crippen LogP contribution in [0.2, 0.25) is 0 Å². The van der Waals surface area contributed by atoms with Crippen LogP contribution in [0.1, 0.15) is 12.8 Å². The minimum absolute atomic E-state index is 0.280. The largest absolute Gasteiger partial charge is 0.301 e. The summed E-state index contributed by atoms with van der Waals surface area (Å²) in [7, 11) is 0. The Labute approximate surface area is 76.3 Å². The van der Waals surface area contributed by atoms with Crippen molar-refractivity contribution in [1.82, 2.24) is 4.90 Å². The molecule has 1 unspecified atom stereocenters. The first kappa shape index (κ1) is 9.02. The molecule has 1 aliphatic heterocycles. The lowest BCUT2D eigenvalue weighted by Crippen LogP contribution is -2.35. The van der Waals surface area contributed by atoms with Crippen LogP contribution in [-0.4, -0.2) is 29.9 Å². The summed E-state index contributed by atoms with van der Waals surface area (Å²) < 4.78 is 0. The molecule has 0 aromatic rings. The highest BCUT2D eigenvalue weighted by molar-refractivity contribution is 9.09. The standard InChI is InChI=1S/C8H13BrN2/c9-3-5-11-4-1-2-8(6-10)7-11/h8H,1-5,7H2. The maximum absolute atomic E-state index is 8.69. The fourth-order valence-corrected chi connectivity index (χ4v) is 1.99. The fraction of sp³-hybridized carbons (Fsp3) is 0.875. The molecule has 0 N–H and O–H groups in total. The van der Waals surface area contributed by atoms with Gasteiger partial charge in [0.25, 0.3) is 0 Å². The molecule has 0 radical (unpaired) electrons. The smallest absolute Gasteiger partial charge is 0.0669 e. The average molecular weight is 217 g/mol. The molecule has 11 heavy (non-hydrogen) atoms. The van der Waals surface area contributed by atoms with Gasteiger partial charge in [-0.2, -0.15) is 5.26 Å². The number of halogens is 1. The minimum atomic E-state index is 0.280. The second kappa shape index (κ2) is 4.74. The SMILES string of the molecule is N#CC1CCCN(CCBr)C1. The molecule has 62 valence electrons. The van der Waals surface area contributed by atoms with Gasteiger partial charge < -0.3 is 4.90 Å². The molecule has 0 amide bonds. The molecule has 0 bridgehead atoms. The lowest BCUT2D eigenvalue weighted by Gasteiger charge is -2.28. The first-order valence-corrected chi connectivity index (χ1v) is 5.17. The van der Waals surface area contributed by atoms with Crippen LogP contribution in [0, 0.1) is 17.2 Å². The van der Waals surface area contributed by atoms with Crippen LogP contribution >= 0.6 is 15.9 Å². The first-order chi connectivity index (χ1) is 5.36. The maximum Gasteiger partial charge on any atom is 0.0669 e. The second-order valence-electron chi connectivity index (χ2n) is 2.96. The molecular formula is C8H13BrN2. The van der Waals surface area contributed by atoms with Crippen molar-refractivity contribution in [3.63, 3.8) is 0 Å². The number of hydrogen-bond donors (Lipinski definition) is 0. The molecule has 1 rings (SSSR count). The van der Waals surface area contributed by atoms with Crippen molar-refractivity contribution in [1.29, 1.82) is 5.26 Å². The zero-order chi connectivity index (χ0) is 8.10. The van der Waals surface area contributed by atoms with Crippen LogP contribution < -0.4 is 0 Å². The predicted octanol–water partition coefficient (Wildman–Crippen LogP) is 1.62. The van der Waals surface area contributed by atoms with Crippen molar-refractivity contribution in [3.8, 4) is 6.07 Å². The lowest BCUT2D eigenvalue weighted by molar-refractivity contribution is 0.211. The summed E-state index contributed by atoms with van der Waals surface area (Å²) in [6, 6.07) is 2.34. The highest BCUT2D eigenvalue weighted by Gasteiger charge is 2.17. The predicted molar refractivity (Wildman–Crippen MR) is 48.6 cm³/mol. The summed E-state index contributed by atoms with van der Waals surface area (Å²) in [4.78, 5) is 2.35. The van der Waals surface area contributed by atoms with Crippen molar-refractivity contribution < 1.29 is 0 Å². The van der Waals surface area contributed by atoms with Gasteiger partial charge in [0.05, 0.1) is 12.0 Å². The topological polar surface area (TPSA) is 27.0 Å². The summed E-state index contributed by atoms with van der Waals surface area (Å²) in [6.45, 7) is 3.23. The van der Waals surface area contributed by atoms with Crippen molar-refractivity contribution in [2.24, 2.45) is 5.92 Å². The normalized spacial score (nSPS) is 26.4. The van der Waals surface area contributed by atoms with Crippen LogP contribution in [-0.2, 0) is 0 Å². The summed E-state index contributed by atoms with van der Waals surface area (Å²) >= 11 is 3.40. The Bertz CT molecular complexity index is 151. The van der Waals surface area contributed by atoms with Gasteiger partial charge in [0.15, 0.2) is 0 Å². The van der Waals surface area contributed by atoms with E-state index in [1.807, 2.05) is 0 Å². The third-order valence-corrected chi connectivity index (χ3v) is 2.44. The van der Waals surface area contributed by atoms with E-state index < -0.39 is 0 Å². The van der Waals surface area contributed by atoms with E-state index in [2.05, 4.69) is 26.9 Å². The Balaban J connectivity index is 2.29. The van der Waals surface area contributed by atoms with Gasteiger partial charge in [-0.05, 0) is 19.4 Å². The van der Waals surface area contributed by atoms with E-state index in [4.69, 9.17) is 5.26 Å². The van der Waals surface area contributed by atoms with Crippen molar-refractivity contribution in [3.05, 3.63) is 0 Å². The van der Waals surface area contributed by atoms with Gasteiger partial charge in [0.2, 0.25) is 0 Å². The van der Waals surface area contributed by atoms with Gasteiger partial charge >= 0.3 is 0 Å². The zero-order valence-corrected chi connectivity index (χ0v) is 8.18.